The van der Waals surface area contributed by atoms with E-state index in [1.54, 1.807) is 0 Å². The summed E-state index contributed by atoms with van der Waals surface area (Å²) >= 11 is 0. The zero-order chi connectivity index (χ0) is 24.9. The second kappa shape index (κ2) is 11.1. The van der Waals surface area contributed by atoms with Gasteiger partial charge < -0.3 is 19.3 Å². The highest BCUT2D eigenvalue weighted by molar-refractivity contribution is 5.83. The highest BCUT2D eigenvalue weighted by Crippen LogP contribution is 2.40. The molecule has 2 aliphatic heterocycles. The first kappa shape index (κ1) is 25.0. The lowest BCUT2D eigenvalue weighted by atomic mass is 9.90. The normalized spacial score (nSPS) is 20.6. The molecule has 0 N–H and O–H groups in total. The van der Waals surface area contributed by atoms with Gasteiger partial charge in [0, 0.05) is 41.6 Å². The Morgan fingerprint density at radius 1 is 0.857 bits per heavy atom. The fraction of sp³-hybridized carbons (Fsp3) is 0.419. The van der Waals surface area contributed by atoms with Gasteiger partial charge in [-0.2, -0.15) is 0 Å². The van der Waals surface area contributed by atoms with Gasteiger partial charge in [-0.1, -0.05) is 24.3 Å². The third-order valence-corrected chi connectivity index (χ3v) is 7.06. The molecule has 0 fully saturated rings. The molecule has 0 saturated heterocycles. The molecule has 2 atom stereocenters. The number of ether oxygens (including phenoxy) is 2. The van der Waals surface area contributed by atoms with Crippen LogP contribution < -0.4 is 19.3 Å². The molecule has 2 aromatic rings. The van der Waals surface area contributed by atoms with Gasteiger partial charge in [0.2, 0.25) is 0 Å². The quantitative estimate of drug-likeness (QED) is 0.401. The molecule has 0 saturated carbocycles. The minimum Gasteiger partial charge on any atom is -0.494 e. The number of rotatable bonds is 8. The molecule has 2 heterocycles. The standard InChI is InChI=1S/C31H40N2O2/c1-7-32-23(6)19-24(29-21-27(35-10-4)15-17-31(29)32)12-11-13-25-18-22(5)28-20-26(34-9-3)14-16-30(28)33(25)8-2/h11-18,20-21,23,25H,7-10,19H2,1-6H3/b13-11+,24-12+. The van der Waals surface area contributed by atoms with Gasteiger partial charge in [-0.25, -0.2) is 0 Å². The molecule has 0 amide bonds. The zero-order valence-corrected chi connectivity index (χ0v) is 22.2. The van der Waals surface area contributed by atoms with Crippen LogP contribution in [0, 0.1) is 0 Å². The van der Waals surface area contributed by atoms with Crippen LogP contribution in [-0.2, 0) is 0 Å². The second-order valence-electron chi connectivity index (χ2n) is 9.27. The van der Waals surface area contributed by atoms with E-state index in [0.717, 1.165) is 31.0 Å². The minimum atomic E-state index is 0.227. The van der Waals surface area contributed by atoms with Crippen molar-refractivity contribution >= 4 is 22.5 Å². The number of likely N-dealkylation sites (N-methyl/N-ethyl adjacent to an activating group) is 1. The summed E-state index contributed by atoms with van der Waals surface area (Å²) in [6.45, 7) is 16.4. The van der Waals surface area contributed by atoms with Crippen molar-refractivity contribution < 1.29 is 9.47 Å². The van der Waals surface area contributed by atoms with E-state index >= 15 is 0 Å². The first-order valence-electron chi connectivity index (χ1n) is 13.1. The predicted molar refractivity (Wildman–Crippen MR) is 150 cm³/mol. The Hall–Kier alpha value is -3.14. The van der Waals surface area contributed by atoms with Crippen LogP contribution in [0.3, 0.4) is 0 Å². The Balaban J connectivity index is 1.64. The predicted octanol–water partition coefficient (Wildman–Crippen LogP) is 7.35. The molecule has 2 aliphatic rings. The van der Waals surface area contributed by atoms with E-state index in [0.29, 0.717) is 19.3 Å². The van der Waals surface area contributed by atoms with Crippen molar-refractivity contribution in [3.8, 4) is 11.5 Å². The van der Waals surface area contributed by atoms with Gasteiger partial charge in [-0.15, -0.1) is 0 Å². The highest BCUT2D eigenvalue weighted by Gasteiger charge is 2.26. The molecular formula is C31H40N2O2. The maximum absolute atomic E-state index is 5.83. The number of hydrogen-bond acceptors (Lipinski definition) is 4. The monoisotopic (exact) mass is 472 g/mol. The van der Waals surface area contributed by atoms with Crippen LogP contribution in [0.4, 0.5) is 11.4 Å². The summed E-state index contributed by atoms with van der Waals surface area (Å²) < 4.78 is 11.6. The summed E-state index contributed by atoms with van der Waals surface area (Å²) in [7, 11) is 0. The van der Waals surface area contributed by atoms with Crippen molar-refractivity contribution in [2.75, 3.05) is 36.1 Å². The third kappa shape index (κ3) is 5.12. The molecule has 35 heavy (non-hydrogen) atoms. The first-order chi connectivity index (χ1) is 17.0. The van der Waals surface area contributed by atoms with Crippen LogP contribution in [0.2, 0.25) is 0 Å². The number of fused-ring (bicyclic) bond motifs is 2. The van der Waals surface area contributed by atoms with Crippen LogP contribution in [0.5, 0.6) is 11.5 Å². The van der Waals surface area contributed by atoms with Crippen LogP contribution in [-0.4, -0.2) is 38.4 Å². The molecule has 0 aromatic heterocycles. The van der Waals surface area contributed by atoms with Gasteiger partial charge in [0.05, 0.1) is 19.3 Å². The van der Waals surface area contributed by atoms with Crippen molar-refractivity contribution in [2.45, 2.75) is 60.0 Å². The topological polar surface area (TPSA) is 24.9 Å². The van der Waals surface area contributed by atoms with Gasteiger partial charge in [0.25, 0.3) is 0 Å². The average Bonchev–Trinajstić information content (AvgIpc) is 2.85. The number of hydrogen-bond donors (Lipinski definition) is 0. The summed E-state index contributed by atoms with van der Waals surface area (Å²) in [5.41, 5.74) is 7.80. The number of anilines is 2. The number of allylic oxidation sites excluding steroid dienone is 3. The molecular weight excluding hydrogens is 432 g/mol. The van der Waals surface area contributed by atoms with Crippen molar-refractivity contribution in [2.24, 2.45) is 0 Å². The molecule has 0 spiro atoms. The van der Waals surface area contributed by atoms with E-state index in [-0.39, 0.29) is 6.04 Å². The van der Waals surface area contributed by atoms with Gasteiger partial charge in [0.1, 0.15) is 11.5 Å². The molecule has 0 radical (unpaired) electrons. The fourth-order valence-corrected chi connectivity index (χ4v) is 5.46. The van der Waals surface area contributed by atoms with Gasteiger partial charge in [0.15, 0.2) is 0 Å². The second-order valence-corrected chi connectivity index (χ2v) is 9.27. The molecule has 4 nitrogen and oxygen atoms in total. The molecule has 4 rings (SSSR count). The molecule has 186 valence electrons. The van der Waals surface area contributed by atoms with E-state index in [1.807, 2.05) is 13.8 Å². The zero-order valence-electron chi connectivity index (χ0n) is 22.2. The highest BCUT2D eigenvalue weighted by atomic mass is 16.5. The van der Waals surface area contributed by atoms with Crippen molar-refractivity contribution in [1.29, 1.82) is 0 Å². The lowest BCUT2D eigenvalue weighted by Crippen LogP contribution is -2.36. The Labute approximate surface area is 211 Å². The summed E-state index contributed by atoms with van der Waals surface area (Å²) in [5, 5.41) is 0. The average molecular weight is 473 g/mol. The van der Waals surface area contributed by atoms with E-state index < -0.39 is 0 Å². The lowest BCUT2D eigenvalue weighted by Gasteiger charge is -2.38. The largest absolute Gasteiger partial charge is 0.494 e. The summed E-state index contributed by atoms with van der Waals surface area (Å²) in [6, 6.07) is 13.7. The van der Waals surface area contributed by atoms with E-state index in [9.17, 15) is 0 Å². The first-order valence-corrected chi connectivity index (χ1v) is 13.1. The Morgan fingerprint density at radius 2 is 1.46 bits per heavy atom. The Bertz CT molecular complexity index is 1130. The maximum Gasteiger partial charge on any atom is 0.120 e. The fourth-order valence-electron chi connectivity index (χ4n) is 5.46. The van der Waals surface area contributed by atoms with E-state index in [2.05, 4.69) is 98.2 Å². The van der Waals surface area contributed by atoms with Crippen LogP contribution in [0.25, 0.3) is 11.1 Å². The summed E-state index contributed by atoms with van der Waals surface area (Å²) in [6.07, 6.45) is 10.3. The Kier molecular flexibility index (Phi) is 7.90. The summed E-state index contributed by atoms with van der Waals surface area (Å²) in [5.74, 6) is 1.88. The molecule has 2 unspecified atom stereocenters. The van der Waals surface area contributed by atoms with Crippen molar-refractivity contribution in [1.82, 2.24) is 0 Å². The smallest absolute Gasteiger partial charge is 0.120 e. The van der Waals surface area contributed by atoms with Gasteiger partial charge >= 0.3 is 0 Å². The Morgan fingerprint density at radius 3 is 2.06 bits per heavy atom. The van der Waals surface area contributed by atoms with Crippen LogP contribution in [0.15, 0.2) is 60.7 Å². The summed E-state index contributed by atoms with van der Waals surface area (Å²) in [4.78, 5) is 4.95. The molecule has 0 bridgehead atoms. The lowest BCUT2D eigenvalue weighted by molar-refractivity contribution is 0.340. The maximum atomic E-state index is 5.83. The van der Waals surface area contributed by atoms with Crippen LogP contribution in [0.1, 0.15) is 59.1 Å². The van der Waals surface area contributed by atoms with Gasteiger partial charge in [-0.3, -0.25) is 0 Å². The van der Waals surface area contributed by atoms with Gasteiger partial charge in [-0.05, 0) is 95.5 Å². The number of benzene rings is 2. The van der Waals surface area contributed by atoms with Crippen molar-refractivity contribution in [3.63, 3.8) is 0 Å². The minimum absolute atomic E-state index is 0.227. The van der Waals surface area contributed by atoms with Crippen LogP contribution >= 0.6 is 0 Å². The number of nitrogens with zero attached hydrogens (tertiary/aromatic N) is 2. The van der Waals surface area contributed by atoms with E-state index in [1.165, 1.54) is 33.6 Å². The molecule has 2 aromatic carbocycles. The third-order valence-electron chi connectivity index (χ3n) is 7.06. The molecule has 4 heteroatoms. The van der Waals surface area contributed by atoms with E-state index in [4.69, 9.17) is 9.47 Å². The molecule has 0 aliphatic carbocycles. The van der Waals surface area contributed by atoms with Crippen molar-refractivity contribution in [3.05, 3.63) is 71.8 Å². The SMILES string of the molecule is CCOc1ccc2c(c1)C(C)=CC(/C=C/C=C1\CC(C)N(CC)c3ccc(OCC)cc31)N2CC.